The van der Waals surface area contributed by atoms with E-state index >= 15 is 0 Å². The smallest absolute Gasteiger partial charge is 0.313 e. The maximum absolute atomic E-state index is 13.4. The van der Waals surface area contributed by atoms with Crippen LogP contribution in [0.4, 0.5) is 14.5 Å². The van der Waals surface area contributed by atoms with Gasteiger partial charge in [0.15, 0.2) is 0 Å². The second-order valence-electron chi connectivity index (χ2n) is 5.05. The van der Waals surface area contributed by atoms with Gasteiger partial charge in [-0.25, -0.2) is 8.78 Å². The average Bonchev–Trinajstić information content (AvgIpc) is 2.58. The second-order valence-corrected chi connectivity index (χ2v) is 5.05. The molecule has 7 heteroatoms. The van der Waals surface area contributed by atoms with Crippen LogP contribution in [0.25, 0.3) is 0 Å². The van der Waals surface area contributed by atoms with Crippen molar-refractivity contribution in [3.8, 4) is 0 Å². The molecule has 0 saturated heterocycles. The van der Waals surface area contributed by atoms with Gasteiger partial charge in [0, 0.05) is 12.6 Å². The van der Waals surface area contributed by atoms with E-state index in [2.05, 4.69) is 5.32 Å². The van der Waals surface area contributed by atoms with E-state index in [0.717, 1.165) is 18.2 Å². The molecule has 2 amide bonds. The van der Waals surface area contributed by atoms with Crippen LogP contribution in [0.5, 0.6) is 0 Å². The van der Waals surface area contributed by atoms with E-state index < -0.39 is 35.2 Å². The van der Waals surface area contributed by atoms with Crippen LogP contribution in [0.15, 0.2) is 48.5 Å². The van der Waals surface area contributed by atoms with Crippen LogP contribution in [-0.4, -0.2) is 23.5 Å². The van der Waals surface area contributed by atoms with Crippen molar-refractivity contribution >= 4 is 17.5 Å². The van der Waals surface area contributed by atoms with Gasteiger partial charge in [-0.05, 0) is 24.1 Å². The Kier molecular flexibility index (Phi) is 5.97. The molecule has 1 unspecified atom stereocenters. The Balaban J connectivity index is 1.82. The summed E-state index contributed by atoms with van der Waals surface area (Å²) in [5.74, 6) is -3.71. The molecule has 0 bridgehead atoms. The van der Waals surface area contributed by atoms with Crippen LogP contribution >= 0.6 is 0 Å². The standard InChI is InChI=1S/C17H16F2N2O3/c18-12-6-7-13(19)14(10-12)21-17(24)16(23)20-9-8-15(22)11-4-2-1-3-5-11/h1-7,10,15,22H,8-9H2,(H,20,23)(H,21,24). The van der Waals surface area contributed by atoms with Crippen LogP contribution < -0.4 is 10.6 Å². The van der Waals surface area contributed by atoms with E-state index in [-0.39, 0.29) is 13.0 Å². The van der Waals surface area contributed by atoms with Gasteiger partial charge >= 0.3 is 11.8 Å². The number of amides is 2. The minimum Gasteiger partial charge on any atom is -0.388 e. The minimum atomic E-state index is -1.12. The lowest BCUT2D eigenvalue weighted by molar-refractivity contribution is -0.136. The molecule has 24 heavy (non-hydrogen) atoms. The Hall–Kier alpha value is -2.80. The van der Waals surface area contributed by atoms with Gasteiger partial charge in [0.1, 0.15) is 11.6 Å². The quantitative estimate of drug-likeness (QED) is 0.733. The minimum absolute atomic E-state index is 0.0496. The summed E-state index contributed by atoms with van der Waals surface area (Å²) in [6.07, 6.45) is -0.576. The number of aliphatic hydroxyl groups is 1. The molecule has 5 nitrogen and oxygen atoms in total. The van der Waals surface area contributed by atoms with E-state index in [1.165, 1.54) is 0 Å². The first-order valence-corrected chi connectivity index (χ1v) is 7.24. The zero-order valence-electron chi connectivity index (χ0n) is 12.6. The van der Waals surface area contributed by atoms with Crippen molar-refractivity contribution < 1.29 is 23.5 Å². The summed E-state index contributed by atoms with van der Waals surface area (Å²) < 4.78 is 26.4. The molecule has 2 aromatic rings. The number of carbonyl (C=O) groups is 2. The second kappa shape index (κ2) is 8.16. The third-order valence-electron chi connectivity index (χ3n) is 3.27. The Bertz CT molecular complexity index is 723. The number of halogens is 2. The molecule has 0 spiro atoms. The first-order valence-electron chi connectivity index (χ1n) is 7.24. The van der Waals surface area contributed by atoms with Gasteiger partial charge in [-0.3, -0.25) is 9.59 Å². The molecule has 0 saturated carbocycles. The van der Waals surface area contributed by atoms with Gasteiger partial charge in [0.05, 0.1) is 11.8 Å². The molecule has 1 atom stereocenters. The fourth-order valence-corrected chi connectivity index (χ4v) is 2.02. The van der Waals surface area contributed by atoms with E-state index in [1.54, 1.807) is 24.3 Å². The van der Waals surface area contributed by atoms with Gasteiger partial charge in [0.2, 0.25) is 0 Å². The van der Waals surface area contributed by atoms with Crippen LogP contribution in [0.3, 0.4) is 0 Å². The van der Waals surface area contributed by atoms with Crippen molar-refractivity contribution in [1.82, 2.24) is 5.32 Å². The van der Waals surface area contributed by atoms with E-state index in [9.17, 15) is 23.5 Å². The van der Waals surface area contributed by atoms with E-state index in [4.69, 9.17) is 0 Å². The lowest BCUT2D eigenvalue weighted by Gasteiger charge is -2.11. The van der Waals surface area contributed by atoms with Crippen LogP contribution in [0.2, 0.25) is 0 Å². The van der Waals surface area contributed by atoms with E-state index in [1.807, 2.05) is 11.4 Å². The zero-order valence-corrected chi connectivity index (χ0v) is 12.6. The van der Waals surface area contributed by atoms with Gasteiger partial charge in [-0.2, -0.15) is 0 Å². The lowest BCUT2D eigenvalue weighted by Crippen LogP contribution is -2.36. The molecule has 0 aliphatic heterocycles. The molecule has 0 heterocycles. The highest BCUT2D eigenvalue weighted by Gasteiger charge is 2.16. The third kappa shape index (κ3) is 4.85. The first kappa shape index (κ1) is 17.6. The molecule has 2 aromatic carbocycles. The normalized spacial score (nSPS) is 11.6. The molecule has 126 valence electrons. The molecule has 0 fully saturated rings. The predicted octanol–water partition coefficient (Wildman–Crippen LogP) is 2.14. The lowest BCUT2D eigenvalue weighted by atomic mass is 10.1. The highest BCUT2D eigenvalue weighted by atomic mass is 19.1. The van der Waals surface area contributed by atoms with Crippen molar-refractivity contribution in [2.75, 3.05) is 11.9 Å². The van der Waals surface area contributed by atoms with E-state index in [0.29, 0.717) is 5.56 Å². The number of hydrogen-bond donors (Lipinski definition) is 3. The molecule has 0 aromatic heterocycles. The zero-order chi connectivity index (χ0) is 17.5. The van der Waals surface area contributed by atoms with Gasteiger partial charge < -0.3 is 15.7 Å². The topological polar surface area (TPSA) is 78.4 Å². The molecular formula is C17H16F2N2O3. The van der Waals surface area contributed by atoms with Crippen LogP contribution in [-0.2, 0) is 9.59 Å². The third-order valence-corrected chi connectivity index (χ3v) is 3.27. The number of hydrogen-bond acceptors (Lipinski definition) is 3. The number of nitrogens with one attached hydrogen (secondary N) is 2. The fraction of sp³-hybridized carbons (Fsp3) is 0.176. The Morgan fingerprint density at radius 2 is 1.75 bits per heavy atom. The summed E-state index contributed by atoms with van der Waals surface area (Å²) >= 11 is 0. The van der Waals surface area contributed by atoms with Crippen molar-refractivity contribution in [3.63, 3.8) is 0 Å². The summed E-state index contributed by atoms with van der Waals surface area (Å²) in [7, 11) is 0. The SMILES string of the molecule is O=C(NCCC(O)c1ccccc1)C(=O)Nc1cc(F)ccc1F. The highest BCUT2D eigenvalue weighted by molar-refractivity contribution is 6.39. The monoisotopic (exact) mass is 334 g/mol. The Morgan fingerprint density at radius 3 is 2.46 bits per heavy atom. The van der Waals surface area contributed by atoms with Crippen molar-refractivity contribution in [1.29, 1.82) is 0 Å². The van der Waals surface area contributed by atoms with Crippen molar-refractivity contribution in [2.45, 2.75) is 12.5 Å². The molecular weight excluding hydrogens is 318 g/mol. The number of benzene rings is 2. The Morgan fingerprint density at radius 1 is 1.04 bits per heavy atom. The molecule has 2 rings (SSSR count). The fourth-order valence-electron chi connectivity index (χ4n) is 2.02. The first-order chi connectivity index (χ1) is 11.5. The van der Waals surface area contributed by atoms with Crippen LogP contribution in [0, 0.1) is 11.6 Å². The summed E-state index contributed by atoms with van der Waals surface area (Å²) in [6.45, 7) is 0.0496. The van der Waals surface area contributed by atoms with Crippen molar-refractivity contribution in [3.05, 3.63) is 65.7 Å². The summed E-state index contributed by atoms with van der Waals surface area (Å²) in [5.41, 5.74) is 0.275. The van der Waals surface area contributed by atoms with Crippen LogP contribution in [0.1, 0.15) is 18.1 Å². The molecule has 3 N–H and O–H groups in total. The number of aliphatic hydroxyl groups excluding tert-OH is 1. The number of carbonyl (C=O) groups excluding carboxylic acids is 2. The largest absolute Gasteiger partial charge is 0.388 e. The Labute approximate surface area is 137 Å². The van der Waals surface area contributed by atoms with Crippen molar-refractivity contribution in [2.24, 2.45) is 0 Å². The molecule has 0 aliphatic carbocycles. The highest BCUT2D eigenvalue weighted by Crippen LogP contribution is 2.16. The van der Waals surface area contributed by atoms with Gasteiger partial charge in [-0.15, -0.1) is 0 Å². The predicted molar refractivity (Wildman–Crippen MR) is 84.0 cm³/mol. The summed E-state index contributed by atoms with van der Waals surface area (Å²) in [5, 5.41) is 14.2. The summed E-state index contributed by atoms with van der Waals surface area (Å²) in [6, 6.07) is 11.4. The maximum atomic E-state index is 13.4. The molecule has 0 aliphatic rings. The van der Waals surface area contributed by atoms with Gasteiger partial charge in [-0.1, -0.05) is 30.3 Å². The molecule has 0 radical (unpaired) electrons. The van der Waals surface area contributed by atoms with Gasteiger partial charge in [0.25, 0.3) is 0 Å². The number of anilines is 1. The number of rotatable bonds is 5. The average molecular weight is 334 g/mol. The summed E-state index contributed by atoms with van der Waals surface area (Å²) in [4.78, 5) is 23.3. The maximum Gasteiger partial charge on any atom is 0.313 e.